The van der Waals surface area contributed by atoms with E-state index in [-0.39, 0.29) is 5.84 Å². The number of amides is 3. The third-order valence-electron chi connectivity index (χ3n) is 2.29. The van der Waals surface area contributed by atoms with Crippen LogP contribution in [-0.4, -0.2) is 58.8 Å². The molecule has 3 amide bonds. The van der Waals surface area contributed by atoms with E-state index in [1.807, 2.05) is 0 Å². The summed E-state index contributed by atoms with van der Waals surface area (Å²) in [7, 11) is 2.67. The van der Waals surface area contributed by atoms with Crippen molar-refractivity contribution in [2.75, 3.05) is 14.1 Å². The Morgan fingerprint density at radius 1 is 1.40 bits per heavy atom. The quantitative estimate of drug-likeness (QED) is 0.491. The summed E-state index contributed by atoms with van der Waals surface area (Å²) in [6, 6.07) is -0.567. The highest BCUT2D eigenvalue weighted by Gasteiger charge is 2.54. The molecule has 0 unspecified atom stereocenters. The standard InChI is InChI=1S/C7H9N5O3/c1-11-4-7(15,8-3-9-10-4)5(13)12(2)6(11)14/h3,15H,1-2H3,(H,8,9)/t7-/m0/s1. The lowest BCUT2D eigenvalue weighted by molar-refractivity contribution is -0.142. The second kappa shape index (κ2) is 2.76. The fourth-order valence-electron chi connectivity index (χ4n) is 1.44. The van der Waals surface area contributed by atoms with Crippen molar-refractivity contribution in [1.29, 1.82) is 0 Å². The largest absolute Gasteiger partial charge is 0.356 e. The van der Waals surface area contributed by atoms with Crippen molar-refractivity contribution in [1.82, 2.24) is 15.2 Å². The van der Waals surface area contributed by atoms with E-state index >= 15 is 0 Å². The van der Waals surface area contributed by atoms with Gasteiger partial charge in [-0.15, -0.1) is 0 Å². The fourth-order valence-corrected chi connectivity index (χ4v) is 1.44. The fraction of sp³-hybridized carbons (Fsp3) is 0.429. The van der Waals surface area contributed by atoms with Gasteiger partial charge in [-0.2, -0.15) is 5.10 Å². The van der Waals surface area contributed by atoms with Gasteiger partial charge in [0.1, 0.15) is 6.34 Å². The van der Waals surface area contributed by atoms with Crippen molar-refractivity contribution in [3.05, 3.63) is 0 Å². The van der Waals surface area contributed by atoms with Gasteiger partial charge in [0.2, 0.25) is 0 Å². The first kappa shape index (κ1) is 9.59. The van der Waals surface area contributed by atoms with E-state index < -0.39 is 17.7 Å². The Morgan fingerprint density at radius 3 is 2.73 bits per heavy atom. The molecule has 8 heteroatoms. The Hall–Kier alpha value is -1.96. The zero-order valence-corrected chi connectivity index (χ0v) is 8.13. The van der Waals surface area contributed by atoms with Gasteiger partial charge >= 0.3 is 11.8 Å². The van der Waals surface area contributed by atoms with Crippen LogP contribution in [0.15, 0.2) is 10.1 Å². The van der Waals surface area contributed by atoms with E-state index in [0.29, 0.717) is 0 Å². The summed E-state index contributed by atoms with van der Waals surface area (Å²) in [4.78, 5) is 28.6. The van der Waals surface area contributed by atoms with Crippen molar-refractivity contribution in [3.8, 4) is 0 Å². The Labute approximate surface area is 84.9 Å². The van der Waals surface area contributed by atoms with Gasteiger partial charge in [-0.3, -0.25) is 20.0 Å². The summed E-state index contributed by atoms with van der Waals surface area (Å²) < 4.78 is 0. The number of aliphatic imine (C=N–C) groups is 1. The maximum absolute atomic E-state index is 11.6. The molecule has 2 N–H and O–H groups in total. The van der Waals surface area contributed by atoms with Gasteiger partial charge in [-0.25, -0.2) is 9.79 Å². The minimum Gasteiger partial charge on any atom is -0.356 e. The van der Waals surface area contributed by atoms with E-state index in [1.165, 1.54) is 14.1 Å². The monoisotopic (exact) mass is 211 g/mol. The maximum atomic E-state index is 11.6. The Morgan fingerprint density at radius 2 is 2.07 bits per heavy atom. The molecule has 1 saturated heterocycles. The predicted octanol–water partition coefficient (Wildman–Crippen LogP) is -1.86. The first-order valence-electron chi connectivity index (χ1n) is 4.14. The van der Waals surface area contributed by atoms with Crippen molar-refractivity contribution >= 4 is 24.1 Å². The average molecular weight is 211 g/mol. The molecule has 0 aliphatic carbocycles. The van der Waals surface area contributed by atoms with E-state index in [0.717, 1.165) is 16.1 Å². The number of nitrogens with zero attached hydrogens (tertiary/aromatic N) is 4. The number of nitrogens with one attached hydrogen (secondary N) is 1. The summed E-state index contributed by atoms with van der Waals surface area (Å²) >= 11 is 0. The topological polar surface area (TPSA) is 97.6 Å². The number of carbonyl (C=O) groups excluding carboxylic acids is 2. The van der Waals surface area contributed by atoms with Gasteiger partial charge in [0.05, 0.1) is 0 Å². The normalized spacial score (nSPS) is 29.9. The summed E-state index contributed by atoms with van der Waals surface area (Å²) in [6.45, 7) is 0. The smallest absolute Gasteiger partial charge is 0.331 e. The number of fused-ring (bicyclic) bond motifs is 1. The molecule has 0 bridgehead atoms. The Kier molecular flexibility index (Phi) is 1.77. The van der Waals surface area contributed by atoms with Gasteiger partial charge in [-0.1, -0.05) is 0 Å². The molecule has 2 rings (SSSR count). The lowest BCUT2D eigenvalue weighted by Crippen LogP contribution is -2.67. The number of hydrogen-bond acceptors (Lipinski definition) is 6. The predicted molar refractivity (Wildman–Crippen MR) is 49.9 cm³/mol. The summed E-state index contributed by atoms with van der Waals surface area (Å²) in [6.07, 6.45) is 1.10. The van der Waals surface area contributed by atoms with Crippen LogP contribution in [0.2, 0.25) is 0 Å². The minimum absolute atomic E-state index is 0.127. The lowest BCUT2D eigenvalue weighted by atomic mass is 10.1. The van der Waals surface area contributed by atoms with E-state index in [1.54, 1.807) is 0 Å². The SMILES string of the molecule is CN1C(=O)N(C)C2=NNC=N[C@@]2(O)C1=O. The van der Waals surface area contributed by atoms with Gasteiger partial charge < -0.3 is 5.11 Å². The van der Waals surface area contributed by atoms with Crippen LogP contribution >= 0.6 is 0 Å². The molecular weight excluding hydrogens is 202 g/mol. The van der Waals surface area contributed by atoms with Gasteiger partial charge in [0, 0.05) is 14.1 Å². The molecule has 1 atom stereocenters. The highest BCUT2D eigenvalue weighted by atomic mass is 16.3. The average Bonchev–Trinajstić information content (AvgIpc) is 2.24. The molecule has 0 radical (unpaired) electrons. The van der Waals surface area contributed by atoms with Crippen molar-refractivity contribution in [2.45, 2.75) is 5.72 Å². The van der Waals surface area contributed by atoms with Crippen LogP contribution in [-0.2, 0) is 4.79 Å². The van der Waals surface area contributed by atoms with Crippen LogP contribution in [0.5, 0.6) is 0 Å². The zero-order valence-electron chi connectivity index (χ0n) is 8.13. The van der Waals surface area contributed by atoms with E-state index in [2.05, 4.69) is 15.5 Å². The number of carbonyl (C=O) groups is 2. The molecule has 2 aliphatic rings. The molecule has 0 aromatic carbocycles. The second-order valence-electron chi connectivity index (χ2n) is 3.20. The van der Waals surface area contributed by atoms with Crippen molar-refractivity contribution in [2.24, 2.45) is 10.1 Å². The first-order chi connectivity index (χ1) is 6.98. The molecule has 0 saturated carbocycles. The first-order valence-corrected chi connectivity index (χ1v) is 4.14. The number of amidine groups is 1. The van der Waals surface area contributed by atoms with Crippen LogP contribution < -0.4 is 5.43 Å². The third-order valence-corrected chi connectivity index (χ3v) is 2.29. The van der Waals surface area contributed by atoms with E-state index in [4.69, 9.17) is 0 Å². The molecule has 2 aliphatic heterocycles. The number of likely N-dealkylation sites (N-methyl/N-ethyl adjacent to an activating group) is 2. The van der Waals surface area contributed by atoms with Crippen LogP contribution in [0, 0.1) is 0 Å². The van der Waals surface area contributed by atoms with Gasteiger partial charge in [0.15, 0.2) is 5.84 Å². The molecular formula is C7H9N5O3. The third kappa shape index (κ3) is 1.05. The number of rotatable bonds is 0. The Bertz CT molecular complexity index is 403. The molecule has 80 valence electrons. The Balaban J connectivity index is 2.53. The highest BCUT2D eigenvalue weighted by Crippen LogP contribution is 2.22. The molecule has 15 heavy (non-hydrogen) atoms. The molecule has 0 spiro atoms. The molecule has 2 heterocycles. The molecule has 1 fully saturated rings. The summed E-state index contributed by atoms with van der Waals surface area (Å²) in [5.41, 5.74) is 0.273. The maximum Gasteiger partial charge on any atom is 0.331 e. The van der Waals surface area contributed by atoms with Gasteiger partial charge in [-0.05, 0) is 0 Å². The van der Waals surface area contributed by atoms with Crippen molar-refractivity contribution < 1.29 is 14.7 Å². The number of urea groups is 1. The van der Waals surface area contributed by atoms with Gasteiger partial charge in [0.25, 0.3) is 5.91 Å². The van der Waals surface area contributed by atoms with Crippen LogP contribution in [0.25, 0.3) is 0 Å². The van der Waals surface area contributed by atoms with Crippen molar-refractivity contribution in [3.63, 3.8) is 0 Å². The van der Waals surface area contributed by atoms with Crippen LogP contribution in [0.3, 0.4) is 0 Å². The molecule has 0 aromatic heterocycles. The number of hydrogen-bond donors (Lipinski definition) is 2. The summed E-state index contributed by atoms with van der Waals surface area (Å²) in [5.74, 6) is -0.944. The molecule has 0 aromatic rings. The molecule has 8 nitrogen and oxygen atoms in total. The second-order valence-corrected chi connectivity index (χ2v) is 3.20. The zero-order chi connectivity index (χ0) is 11.2. The van der Waals surface area contributed by atoms with Crippen LogP contribution in [0.4, 0.5) is 4.79 Å². The van der Waals surface area contributed by atoms with Crippen LogP contribution in [0.1, 0.15) is 0 Å². The summed E-state index contributed by atoms with van der Waals surface area (Å²) in [5, 5.41) is 13.6. The number of aliphatic hydroxyl groups is 1. The number of imide groups is 1. The highest BCUT2D eigenvalue weighted by molar-refractivity contribution is 6.23. The number of hydrazone groups is 1. The van der Waals surface area contributed by atoms with E-state index in [9.17, 15) is 14.7 Å². The lowest BCUT2D eigenvalue weighted by Gasteiger charge is -2.39. The minimum atomic E-state index is -2.09.